The van der Waals surface area contributed by atoms with Crippen LogP contribution in [0.2, 0.25) is 5.28 Å². The maximum absolute atomic E-state index is 11.8. The van der Waals surface area contributed by atoms with Crippen molar-refractivity contribution in [1.29, 1.82) is 0 Å². The second-order valence-electron chi connectivity index (χ2n) is 5.14. The van der Waals surface area contributed by atoms with Crippen LogP contribution >= 0.6 is 11.6 Å². The highest BCUT2D eigenvalue weighted by molar-refractivity contribution is 6.28. The Balaban J connectivity index is 1.84. The zero-order valence-corrected chi connectivity index (χ0v) is 12.2. The van der Waals surface area contributed by atoms with Crippen molar-refractivity contribution in [3.05, 3.63) is 5.28 Å². The first kappa shape index (κ1) is 13.4. The van der Waals surface area contributed by atoms with Crippen molar-refractivity contribution in [2.24, 2.45) is 0 Å². The highest BCUT2D eigenvalue weighted by Gasteiger charge is 2.25. The molecule has 2 saturated heterocycles. The van der Waals surface area contributed by atoms with Gasteiger partial charge in [0.2, 0.25) is 23.1 Å². The second-order valence-corrected chi connectivity index (χ2v) is 5.47. The first-order valence-corrected chi connectivity index (χ1v) is 7.17. The van der Waals surface area contributed by atoms with Gasteiger partial charge in [-0.15, -0.1) is 0 Å². The predicted molar refractivity (Wildman–Crippen MR) is 76.1 cm³/mol. The van der Waals surface area contributed by atoms with Crippen LogP contribution in [0.4, 0.5) is 11.9 Å². The Bertz CT molecular complexity index is 519. The summed E-state index contributed by atoms with van der Waals surface area (Å²) in [5, 5.41) is 0.184. The van der Waals surface area contributed by atoms with E-state index in [1.54, 1.807) is 11.9 Å². The van der Waals surface area contributed by atoms with Gasteiger partial charge in [0.05, 0.1) is 6.54 Å². The standard InChI is InChI=1S/C12H17ClN6O/c1-17-6-7-19(8-9(17)20)12-15-10(13)14-11(16-12)18-4-2-3-5-18/h2-8H2,1H3. The van der Waals surface area contributed by atoms with Gasteiger partial charge in [-0.1, -0.05) is 0 Å². The van der Waals surface area contributed by atoms with Crippen molar-refractivity contribution in [2.45, 2.75) is 12.8 Å². The molecule has 7 nitrogen and oxygen atoms in total. The fraction of sp³-hybridized carbons (Fsp3) is 0.667. The number of amides is 1. The maximum atomic E-state index is 11.8. The molecule has 2 aliphatic rings. The summed E-state index contributed by atoms with van der Waals surface area (Å²) in [4.78, 5) is 30.3. The summed E-state index contributed by atoms with van der Waals surface area (Å²) >= 11 is 6.00. The van der Waals surface area contributed by atoms with Crippen LogP contribution in [0, 0.1) is 0 Å². The molecule has 1 aromatic rings. The highest BCUT2D eigenvalue weighted by Crippen LogP contribution is 2.21. The minimum absolute atomic E-state index is 0.0653. The number of piperazine rings is 1. The molecular formula is C12H17ClN6O. The van der Waals surface area contributed by atoms with Crippen molar-refractivity contribution in [3.8, 4) is 0 Å². The lowest BCUT2D eigenvalue weighted by Gasteiger charge is -2.32. The molecule has 1 amide bonds. The molecule has 20 heavy (non-hydrogen) atoms. The number of aromatic nitrogens is 3. The number of rotatable bonds is 2. The molecule has 0 N–H and O–H groups in total. The molecule has 1 aromatic heterocycles. The van der Waals surface area contributed by atoms with Gasteiger partial charge >= 0.3 is 0 Å². The molecule has 0 saturated carbocycles. The van der Waals surface area contributed by atoms with Crippen LogP contribution in [0.5, 0.6) is 0 Å². The summed E-state index contributed by atoms with van der Waals surface area (Å²) in [6, 6.07) is 0. The van der Waals surface area contributed by atoms with E-state index >= 15 is 0 Å². The van der Waals surface area contributed by atoms with E-state index in [0.717, 1.165) is 25.9 Å². The molecule has 2 aliphatic heterocycles. The number of hydrogen-bond acceptors (Lipinski definition) is 6. The van der Waals surface area contributed by atoms with Crippen molar-refractivity contribution < 1.29 is 4.79 Å². The van der Waals surface area contributed by atoms with E-state index in [-0.39, 0.29) is 17.7 Å². The SMILES string of the molecule is CN1CCN(c2nc(Cl)nc(N3CCCC3)n2)CC1=O. The van der Waals surface area contributed by atoms with Gasteiger partial charge < -0.3 is 14.7 Å². The predicted octanol–water partition coefficient (Wildman–Crippen LogP) is 0.404. The summed E-state index contributed by atoms with van der Waals surface area (Å²) in [5.74, 6) is 1.17. The lowest BCUT2D eigenvalue weighted by molar-refractivity contribution is -0.129. The minimum atomic E-state index is 0.0653. The molecule has 0 bridgehead atoms. The Hall–Kier alpha value is -1.63. The largest absolute Gasteiger partial charge is 0.342 e. The lowest BCUT2D eigenvalue weighted by Crippen LogP contribution is -2.49. The van der Waals surface area contributed by atoms with Crippen LogP contribution in [-0.2, 0) is 4.79 Å². The minimum Gasteiger partial charge on any atom is -0.342 e. The van der Waals surface area contributed by atoms with E-state index in [1.807, 2.05) is 4.90 Å². The fourth-order valence-electron chi connectivity index (χ4n) is 2.46. The van der Waals surface area contributed by atoms with Crippen molar-refractivity contribution in [3.63, 3.8) is 0 Å². The first-order valence-electron chi connectivity index (χ1n) is 6.79. The summed E-state index contributed by atoms with van der Waals surface area (Å²) in [5.41, 5.74) is 0. The van der Waals surface area contributed by atoms with Gasteiger partial charge in [0.25, 0.3) is 0 Å². The average molecular weight is 297 g/mol. The molecule has 8 heteroatoms. The zero-order valence-electron chi connectivity index (χ0n) is 11.4. The number of nitrogens with zero attached hydrogens (tertiary/aromatic N) is 6. The summed E-state index contributed by atoms with van der Waals surface area (Å²) < 4.78 is 0. The monoisotopic (exact) mass is 296 g/mol. The molecular weight excluding hydrogens is 280 g/mol. The first-order chi connectivity index (χ1) is 9.63. The van der Waals surface area contributed by atoms with E-state index in [1.165, 1.54) is 0 Å². The third-order valence-electron chi connectivity index (χ3n) is 3.71. The smallest absolute Gasteiger partial charge is 0.242 e. The van der Waals surface area contributed by atoms with Gasteiger partial charge in [0.1, 0.15) is 0 Å². The number of carbonyl (C=O) groups excluding carboxylic acids is 1. The van der Waals surface area contributed by atoms with Gasteiger partial charge in [0, 0.05) is 33.2 Å². The van der Waals surface area contributed by atoms with E-state index in [2.05, 4.69) is 19.9 Å². The highest BCUT2D eigenvalue weighted by atomic mass is 35.5. The molecule has 0 spiro atoms. The van der Waals surface area contributed by atoms with Gasteiger partial charge in [-0.05, 0) is 24.4 Å². The van der Waals surface area contributed by atoms with Gasteiger partial charge in [0.15, 0.2) is 0 Å². The van der Waals surface area contributed by atoms with E-state index in [4.69, 9.17) is 11.6 Å². The molecule has 0 aromatic carbocycles. The molecule has 0 unspecified atom stereocenters. The van der Waals surface area contributed by atoms with Crippen molar-refractivity contribution in [2.75, 3.05) is 49.6 Å². The summed E-state index contributed by atoms with van der Waals surface area (Å²) in [7, 11) is 1.80. The molecule has 2 fully saturated rings. The number of carbonyl (C=O) groups is 1. The zero-order chi connectivity index (χ0) is 14.1. The summed E-state index contributed by atoms with van der Waals surface area (Å²) in [6.07, 6.45) is 2.29. The summed E-state index contributed by atoms with van der Waals surface area (Å²) in [6.45, 7) is 3.56. The average Bonchev–Trinajstić information content (AvgIpc) is 2.95. The molecule has 0 aliphatic carbocycles. The molecule has 0 radical (unpaired) electrons. The van der Waals surface area contributed by atoms with Crippen LogP contribution < -0.4 is 9.80 Å². The Morgan fingerprint density at radius 3 is 2.25 bits per heavy atom. The number of hydrogen-bond donors (Lipinski definition) is 0. The maximum Gasteiger partial charge on any atom is 0.242 e. The number of anilines is 2. The quantitative estimate of drug-likeness (QED) is 0.787. The van der Waals surface area contributed by atoms with Gasteiger partial charge in [-0.25, -0.2) is 0 Å². The normalized spacial score (nSPS) is 19.9. The Morgan fingerprint density at radius 1 is 0.950 bits per heavy atom. The number of halogens is 1. The molecule has 0 atom stereocenters. The van der Waals surface area contributed by atoms with Crippen LogP contribution in [0.25, 0.3) is 0 Å². The van der Waals surface area contributed by atoms with Crippen molar-refractivity contribution >= 4 is 29.4 Å². The van der Waals surface area contributed by atoms with E-state index in [9.17, 15) is 4.79 Å². The van der Waals surface area contributed by atoms with Crippen LogP contribution in [0.15, 0.2) is 0 Å². The molecule has 3 heterocycles. The fourth-order valence-corrected chi connectivity index (χ4v) is 2.61. The second kappa shape index (κ2) is 5.40. The Kier molecular flexibility index (Phi) is 3.60. The van der Waals surface area contributed by atoms with Gasteiger partial charge in [-0.3, -0.25) is 4.79 Å². The Morgan fingerprint density at radius 2 is 1.60 bits per heavy atom. The molecule has 3 rings (SSSR count). The third-order valence-corrected chi connectivity index (χ3v) is 3.88. The Labute approximate surface area is 122 Å². The molecule has 108 valence electrons. The van der Waals surface area contributed by atoms with E-state index < -0.39 is 0 Å². The topological polar surface area (TPSA) is 65.5 Å². The van der Waals surface area contributed by atoms with Crippen LogP contribution in [0.3, 0.4) is 0 Å². The van der Waals surface area contributed by atoms with Crippen LogP contribution in [-0.4, -0.2) is 65.5 Å². The van der Waals surface area contributed by atoms with E-state index in [0.29, 0.717) is 25.0 Å². The number of likely N-dealkylation sites (N-methyl/N-ethyl adjacent to an activating group) is 1. The van der Waals surface area contributed by atoms with Gasteiger partial charge in [-0.2, -0.15) is 15.0 Å². The van der Waals surface area contributed by atoms with Crippen LogP contribution in [0.1, 0.15) is 12.8 Å². The van der Waals surface area contributed by atoms with Crippen molar-refractivity contribution in [1.82, 2.24) is 19.9 Å². The lowest BCUT2D eigenvalue weighted by atomic mass is 10.3. The third kappa shape index (κ3) is 2.63.